The van der Waals surface area contributed by atoms with Gasteiger partial charge in [-0.3, -0.25) is 4.79 Å². The normalized spacial score (nSPS) is 36.4. The molecule has 0 bridgehead atoms. The van der Waals surface area contributed by atoms with Crippen molar-refractivity contribution in [1.29, 1.82) is 5.26 Å². The van der Waals surface area contributed by atoms with Gasteiger partial charge in [0.2, 0.25) is 5.91 Å². The van der Waals surface area contributed by atoms with Crippen LogP contribution in [0.2, 0.25) is 0 Å². The van der Waals surface area contributed by atoms with Crippen LogP contribution in [0.15, 0.2) is 0 Å². The van der Waals surface area contributed by atoms with E-state index in [0.29, 0.717) is 24.5 Å². The molecule has 2 saturated carbocycles. The third-order valence-electron chi connectivity index (χ3n) is 5.75. The molecule has 6 heteroatoms. The van der Waals surface area contributed by atoms with Crippen molar-refractivity contribution in [3.63, 3.8) is 0 Å². The first-order valence-corrected chi connectivity index (χ1v) is 9.19. The minimum Gasteiger partial charge on any atom is -0.378 e. The van der Waals surface area contributed by atoms with Gasteiger partial charge in [-0.2, -0.15) is 5.26 Å². The molecule has 2 aliphatic carbocycles. The summed E-state index contributed by atoms with van der Waals surface area (Å²) in [5.74, 6) is 1.37. The molecule has 3 aliphatic rings. The van der Waals surface area contributed by atoms with Crippen molar-refractivity contribution >= 4 is 17.7 Å². The number of hydrogen-bond acceptors (Lipinski definition) is 4. The molecule has 1 amide bonds. The molecule has 0 radical (unpaired) electrons. The van der Waals surface area contributed by atoms with E-state index >= 15 is 0 Å². The number of nitriles is 1. The topological polar surface area (TPSA) is 56.6 Å². The first-order chi connectivity index (χ1) is 11.1. The van der Waals surface area contributed by atoms with E-state index in [2.05, 4.69) is 13.0 Å². The zero-order valence-corrected chi connectivity index (χ0v) is 14.5. The SMILES string of the molecule is CCOC1C[C@@H]2CC(N(Cl)CC(=O)N3CCC[C@H]3C#N)C[C@@H]2C1. The van der Waals surface area contributed by atoms with Crippen LogP contribution >= 0.6 is 11.8 Å². The fraction of sp³-hybridized carbons (Fsp3) is 0.882. The second-order valence-electron chi connectivity index (χ2n) is 7.13. The minimum absolute atomic E-state index is 0.00620. The van der Waals surface area contributed by atoms with E-state index in [1.165, 1.54) is 0 Å². The average molecular weight is 340 g/mol. The largest absolute Gasteiger partial charge is 0.378 e. The van der Waals surface area contributed by atoms with Crippen LogP contribution in [0.3, 0.4) is 0 Å². The number of rotatable bonds is 5. The van der Waals surface area contributed by atoms with Crippen molar-refractivity contribution in [3.8, 4) is 6.07 Å². The molecule has 0 aromatic heterocycles. The summed E-state index contributed by atoms with van der Waals surface area (Å²) >= 11 is 6.43. The smallest absolute Gasteiger partial charge is 0.239 e. The van der Waals surface area contributed by atoms with Crippen LogP contribution in [0.4, 0.5) is 0 Å². The molecule has 3 rings (SSSR count). The lowest BCUT2D eigenvalue weighted by atomic mass is 10.0. The molecule has 5 nitrogen and oxygen atoms in total. The second-order valence-corrected chi connectivity index (χ2v) is 7.56. The van der Waals surface area contributed by atoms with Crippen LogP contribution in [0.25, 0.3) is 0 Å². The Labute approximate surface area is 143 Å². The van der Waals surface area contributed by atoms with Gasteiger partial charge in [-0.1, -0.05) is 0 Å². The van der Waals surface area contributed by atoms with Crippen molar-refractivity contribution in [2.24, 2.45) is 11.8 Å². The Hall–Kier alpha value is -0.830. The van der Waals surface area contributed by atoms with Crippen molar-refractivity contribution in [2.45, 2.75) is 63.6 Å². The van der Waals surface area contributed by atoms with Crippen LogP contribution in [0, 0.1) is 23.2 Å². The van der Waals surface area contributed by atoms with Crippen LogP contribution < -0.4 is 0 Å². The standard InChI is InChI=1S/C17H26ClN3O2/c1-2-23-16-8-12-6-15(7-13(12)9-16)21(18)11-17(22)20-5-3-4-14(20)10-19/h12-16H,2-9,11H2,1H3/t12-,13+,14-,15?,16?/m0/s1. The molecular weight excluding hydrogens is 314 g/mol. The first-order valence-electron chi connectivity index (χ1n) is 8.85. The number of nitrogens with zero attached hydrogens (tertiary/aromatic N) is 3. The maximum atomic E-state index is 12.4. The van der Waals surface area contributed by atoms with E-state index in [4.69, 9.17) is 21.8 Å². The van der Waals surface area contributed by atoms with Gasteiger partial charge in [0.15, 0.2) is 0 Å². The summed E-state index contributed by atoms with van der Waals surface area (Å²) in [7, 11) is 0. The Morgan fingerprint density at radius 2 is 2.04 bits per heavy atom. The molecule has 1 heterocycles. The zero-order valence-electron chi connectivity index (χ0n) is 13.8. The number of fused-ring (bicyclic) bond motifs is 1. The molecule has 0 spiro atoms. The summed E-state index contributed by atoms with van der Waals surface area (Å²) in [6.07, 6.45) is 6.52. The Morgan fingerprint density at radius 3 is 2.65 bits per heavy atom. The number of ether oxygens (including phenoxy) is 1. The Balaban J connectivity index is 1.48. The molecule has 1 aliphatic heterocycles. The van der Waals surface area contributed by atoms with E-state index in [9.17, 15) is 4.79 Å². The average Bonchev–Trinajstić information content (AvgIpc) is 3.20. The fourth-order valence-electron chi connectivity index (χ4n) is 4.68. The summed E-state index contributed by atoms with van der Waals surface area (Å²) in [5.41, 5.74) is 0. The van der Waals surface area contributed by atoms with Crippen molar-refractivity contribution in [2.75, 3.05) is 19.7 Å². The number of hydrogen-bond donors (Lipinski definition) is 0. The quantitative estimate of drug-likeness (QED) is 0.722. The number of carbonyl (C=O) groups excluding carboxylic acids is 1. The predicted molar refractivity (Wildman–Crippen MR) is 87.6 cm³/mol. The Bertz CT molecular complexity index is 467. The highest BCUT2D eigenvalue weighted by molar-refractivity contribution is 6.14. The summed E-state index contributed by atoms with van der Waals surface area (Å²) in [5, 5.41) is 9.11. The van der Waals surface area contributed by atoms with Crippen molar-refractivity contribution < 1.29 is 9.53 Å². The molecule has 23 heavy (non-hydrogen) atoms. The van der Waals surface area contributed by atoms with Gasteiger partial charge < -0.3 is 9.64 Å². The zero-order chi connectivity index (χ0) is 16.4. The number of amides is 1. The number of likely N-dealkylation sites (tertiary alicyclic amines) is 1. The van der Waals surface area contributed by atoms with Gasteiger partial charge in [0.25, 0.3) is 0 Å². The molecule has 0 N–H and O–H groups in total. The second kappa shape index (κ2) is 7.38. The lowest BCUT2D eigenvalue weighted by Gasteiger charge is -2.26. The van der Waals surface area contributed by atoms with Crippen LogP contribution in [-0.4, -0.2) is 53.1 Å². The van der Waals surface area contributed by atoms with E-state index in [-0.39, 0.29) is 24.5 Å². The highest BCUT2D eigenvalue weighted by Crippen LogP contribution is 2.46. The summed E-state index contributed by atoms with van der Waals surface area (Å²) in [6, 6.07) is 2.23. The molecule has 3 fully saturated rings. The van der Waals surface area contributed by atoms with E-state index in [0.717, 1.165) is 45.1 Å². The highest BCUT2D eigenvalue weighted by Gasteiger charge is 2.44. The third kappa shape index (κ3) is 3.65. The molecule has 0 aromatic rings. The maximum Gasteiger partial charge on any atom is 0.239 e. The Morgan fingerprint density at radius 1 is 1.35 bits per heavy atom. The summed E-state index contributed by atoms with van der Waals surface area (Å²) in [6.45, 7) is 3.75. The molecule has 5 atom stereocenters. The maximum absolute atomic E-state index is 12.4. The minimum atomic E-state index is -0.262. The van der Waals surface area contributed by atoms with Crippen LogP contribution in [0.1, 0.15) is 45.4 Å². The molecule has 0 aromatic carbocycles. The van der Waals surface area contributed by atoms with Gasteiger partial charge in [0, 0.05) is 19.2 Å². The highest BCUT2D eigenvalue weighted by atomic mass is 35.5. The molecule has 128 valence electrons. The van der Waals surface area contributed by atoms with Gasteiger partial charge >= 0.3 is 0 Å². The van der Waals surface area contributed by atoms with Gasteiger partial charge in [-0.05, 0) is 69.1 Å². The van der Waals surface area contributed by atoms with E-state index < -0.39 is 0 Å². The molecular formula is C17H26ClN3O2. The van der Waals surface area contributed by atoms with E-state index in [1.54, 1.807) is 9.32 Å². The monoisotopic (exact) mass is 339 g/mol. The third-order valence-corrected chi connectivity index (χ3v) is 6.15. The fourth-order valence-corrected chi connectivity index (χ4v) is 4.94. The van der Waals surface area contributed by atoms with Gasteiger partial charge in [0.05, 0.1) is 18.7 Å². The Kier molecular flexibility index (Phi) is 5.45. The van der Waals surface area contributed by atoms with Crippen LogP contribution in [-0.2, 0) is 9.53 Å². The van der Waals surface area contributed by atoms with E-state index in [1.807, 2.05) is 0 Å². The summed E-state index contributed by atoms with van der Waals surface area (Å²) in [4.78, 5) is 14.1. The lowest BCUT2D eigenvalue weighted by molar-refractivity contribution is -0.131. The number of carbonyl (C=O) groups is 1. The first kappa shape index (κ1) is 17.0. The van der Waals surface area contributed by atoms with Gasteiger partial charge in [-0.15, -0.1) is 0 Å². The molecule has 1 saturated heterocycles. The van der Waals surface area contributed by atoms with Crippen LogP contribution in [0.5, 0.6) is 0 Å². The summed E-state index contributed by atoms with van der Waals surface area (Å²) < 4.78 is 7.45. The predicted octanol–water partition coefficient (Wildman–Crippen LogP) is 2.55. The molecule has 2 unspecified atom stereocenters. The van der Waals surface area contributed by atoms with Crippen molar-refractivity contribution in [3.05, 3.63) is 0 Å². The lowest BCUT2D eigenvalue weighted by Crippen LogP contribution is -2.42. The van der Waals surface area contributed by atoms with Gasteiger partial charge in [0.1, 0.15) is 6.04 Å². The number of halogens is 1. The van der Waals surface area contributed by atoms with Crippen molar-refractivity contribution in [1.82, 2.24) is 9.32 Å². The van der Waals surface area contributed by atoms with Gasteiger partial charge in [-0.25, -0.2) is 4.42 Å².